The van der Waals surface area contributed by atoms with Crippen LogP contribution in [0.25, 0.3) is 16.9 Å². The third-order valence-electron chi connectivity index (χ3n) is 2.90. The number of benzene rings is 1. The number of anilines is 1. The SMILES string of the molecule is FC(F)(F)CNc1cc(-c2ccccc2)nc2ccnn12. The standard InChI is InChI=1S/C14H11F3N4/c15-14(16,17)9-18-13-8-11(10-4-2-1-3-5-10)20-12-6-7-19-21(12)13/h1-8,18H,9H2. The molecule has 7 heteroatoms. The summed E-state index contributed by atoms with van der Waals surface area (Å²) in [5.41, 5.74) is 1.91. The summed E-state index contributed by atoms with van der Waals surface area (Å²) in [5.74, 6) is 0.251. The Morgan fingerprint density at radius 2 is 1.86 bits per heavy atom. The van der Waals surface area contributed by atoms with E-state index in [1.165, 1.54) is 10.7 Å². The normalized spacial score (nSPS) is 11.8. The Morgan fingerprint density at radius 1 is 1.10 bits per heavy atom. The number of aromatic nitrogens is 3. The Morgan fingerprint density at radius 3 is 2.57 bits per heavy atom. The molecule has 3 aromatic rings. The van der Waals surface area contributed by atoms with Crippen LogP contribution in [-0.2, 0) is 0 Å². The molecule has 0 saturated carbocycles. The predicted octanol–water partition coefficient (Wildman–Crippen LogP) is 3.37. The van der Waals surface area contributed by atoms with E-state index in [-0.39, 0.29) is 5.82 Å². The van der Waals surface area contributed by atoms with Crippen LogP contribution in [0.3, 0.4) is 0 Å². The van der Waals surface area contributed by atoms with Gasteiger partial charge in [-0.1, -0.05) is 30.3 Å². The van der Waals surface area contributed by atoms with Gasteiger partial charge in [-0.15, -0.1) is 0 Å². The summed E-state index contributed by atoms with van der Waals surface area (Å²) in [6.45, 7) is -1.12. The Labute approximate surface area is 118 Å². The van der Waals surface area contributed by atoms with Crippen molar-refractivity contribution in [2.24, 2.45) is 0 Å². The summed E-state index contributed by atoms with van der Waals surface area (Å²) < 4.78 is 38.5. The van der Waals surface area contributed by atoms with Crippen molar-refractivity contribution in [3.63, 3.8) is 0 Å². The van der Waals surface area contributed by atoms with Gasteiger partial charge in [0.1, 0.15) is 12.4 Å². The second-order valence-corrected chi connectivity index (χ2v) is 4.46. The molecular formula is C14H11F3N4. The smallest absolute Gasteiger partial charge is 0.361 e. The molecule has 1 aromatic carbocycles. The van der Waals surface area contributed by atoms with Crippen LogP contribution in [0.4, 0.5) is 19.0 Å². The maximum atomic E-state index is 12.4. The average molecular weight is 292 g/mol. The molecule has 0 amide bonds. The molecule has 0 saturated heterocycles. The van der Waals surface area contributed by atoms with Crippen molar-refractivity contribution >= 4 is 11.5 Å². The van der Waals surface area contributed by atoms with E-state index in [0.29, 0.717) is 11.3 Å². The lowest BCUT2D eigenvalue weighted by Gasteiger charge is -2.12. The minimum absolute atomic E-state index is 0.251. The molecule has 0 atom stereocenters. The third-order valence-corrected chi connectivity index (χ3v) is 2.90. The number of halogens is 3. The van der Waals surface area contributed by atoms with Crippen LogP contribution >= 0.6 is 0 Å². The van der Waals surface area contributed by atoms with Gasteiger partial charge in [-0.2, -0.15) is 22.8 Å². The van der Waals surface area contributed by atoms with Gasteiger partial charge < -0.3 is 5.32 Å². The van der Waals surface area contributed by atoms with Crippen LogP contribution in [0.2, 0.25) is 0 Å². The Balaban J connectivity index is 2.04. The lowest BCUT2D eigenvalue weighted by molar-refractivity contribution is -0.115. The Hall–Kier alpha value is -2.57. The first kappa shape index (κ1) is 13.4. The minimum Gasteiger partial charge on any atom is -0.361 e. The van der Waals surface area contributed by atoms with Gasteiger partial charge in [0, 0.05) is 17.7 Å². The van der Waals surface area contributed by atoms with Gasteiger partial charge in [-0.25, -0.2) is 4.98 Å². The highest BCUT2D eigenvalue weighted by atomic mass is 19.4. The summed E-state index contributed by atoms with van der Waals surface area (Å²) in [6.07, 6.45) is -2.80. The molecule has 1 N–H and O–H groups in total. The quantitative estimate of drug-likeness (QED) is 0.804. The Bertz CT molecular complexity index is 750. The molecule has 2 heterocycles. The summed E-state index contributed by atoms with van der Waals surface area (Å²) >= 11 is 0. The maximum Gasteiger partial charge on any atom is 0.405 e. The number of hydrogen-bond donors (Lipinski definition) is 1. The molecule has 0 radical (unpaired) electrons. The Kier molecular flexibility index (Phi) is 3.25. The van der Waals surface area contributed by atoms with Gasteiger partial charge in [0.25, 0.3) is 0 Å². The zero-order chi connectivity index (χ0) is 14.9. The number of nitrogens with one attached hydrogen (secondary N) is 1. The van der Waals surface area contributed by atoms with Crippen LogP contribution in [-0.4, -0.2) is 27.3 Å². The van der Waals surface area contributed by atoms with Gasteiger partial charge >= 0.3 is 6.18 Å². The van der Waals surface area contributed by atoms with Crippen molar-refractivity contribution < 1.29 is 13.2 Å². The lowest BCUT2D eigenvalue weighted by Crippen LogP contribution is -2.22. The fourth-order valence-corrected chi connectivity index (χ4v) is 1.99. The van der Waals surface area contributed by atoms with Gasteiger partial charge in [-0.3, -0.25) is 0 Å². The highest BCUT2D eigenvalue weighted by Gasteiger charge is 2.27. The molecule has 0 spiro atoms. The molecule has 0 aliphatic rings. The summed E-state index contributed by atoms with van der Waals surface area (Å²) in [5, 5.41) is 6.34. The highest BCUT2D eigenvalue weighted by molar-refractivity contribution is 5.66. The monoisotopic (exact) mass is 292 g/mol. The maximum absolute atomic E-state index is 12.4. The number of nitrogens with zero attached hydrogens (tertiary/aromatic N) is 3. The van der Waals surface area contributed by atoms with E-state index in [9.17, 15) is 13.2 Å². The van der Waals surface area contributed by atoms with Crippen molar-refractivity contribution in [1.29, 1.82) is 0 Å². The molecule has 4 nitrogen and oxygen atoms in total. The number of alkyl halides is 3. The molecule has 21 heavy (non-hydrogen) atoms. The molecule has 0 aliphatic heterocycles. The van der Waals surface area contributed by atoms with Crippen molar-refractivity contribution in [1.82, 2.24) is 14.6 Å². The summed E-state index contributed by atoms with van der Waals surface area (Å²) in [6, 6.07) is 12.5. The van der Waals surface area contributed by atoms with Crippen LogP contribution in [0.1, 0.15) is 0 Å². The molecule has 0 bridgehead atoms. The molecule has 3 rings (SSSR count). The highest BCUT2D eigenvalue weighted by Crippen LogP contribution is 2.23. The van der Waals surface area contributed by atoms with Gasteiger partial charge in [-0.05, 0) is 0 Å². The molecule has 0 fully saturated rings. The van der Waals surface area contributed by atoms with Crippen LogP contribution in [0.5, 0.6) is 0 Å². The fourth-order valence-electron chi connectivity index (χ4n) is 1.99. The van der Waals surface area contributed by atoms with E-state index < -0.39 is 12.7 Å². The van der Waals surface area contributed by atoms with Crippen molar-refractivity contribution in [2.45, 2.75) is 6.18 Å². The first-order chi connectivity index (χ1) is 10.0. The average Bonchev–Trinajstić information content (AvgIpc) is 2.93. The zero-order valence-electron chi connectivity index (χ0n) is 10.8. The fraction of sp³-hybridized carbons (Fsp3) is 0.143. The zero-order valence-corrected chi connectivity index (χ0v) is 10.8. The van der Waals surface area contributed by atoms with Crippen LogP contribution in [0, 0.1) is 0 Å². The predicted molar refractivity (Wildman–Crippen MR) is 73.0 cm³/mol. The van der Waals surface area contributed by atoms with E-state index in [4.69, 9.17) is 0 Å². The van der Waals surface area contributed by atoms with E-state index in [0.717, 1.165) is 5.56 Å². The van der Waals surface area contributed by atoms with Gasteiger partial charge in [0.15, 0.2) is 5.65 Å². The lowest BCUT2D eigenvalue weighted by atomic mass is 10.1. The number of rotatable bonds is 3. The van der Waals surface area contributed by atoms with E-state index in [2.05, 4.69) is 15.4 Å². The molecule has 2 aromatic heterocycles. The van der Waals surface area contributed by atoms with Crippen molar-refractivity contribution in [2.75, 3.05) is 11.9 Å². The van der Waals surface area contributed by atoms with Gasteiger partial charge in [0.2, 0.25) is 0 Å². The summed E-state index contributed by atoms with van der Waals surface area (Å²) in [7, 11) is 0. The van der Waals surface area contributed by atoms with Crippen LogP contribution in [0.15, 0.2) is 48.7 Å². The van der Waals surface area contributed by atoms with E-state index in [1.54, 1.807) is 12.1 Å². The van der Waals surface area contributed by atoms with Crippen molar-refractivity contribution in [3.05, 3.63) is 48.7 Å². The molecule has 0 aliphatic carbocycles. The first-order valence-electron chi connectivity index (χ1n) is 6.24. The number of fused-ring (bicyclic) bond motifs is 1. The number of hydrogen-bond acceptors (Lipinski definition) is 3. The molecule has 108 valence electrons. The van der Waals surface area contributed by atoms with Crippen molar-refractivity contribution in [3.8, 4) is 11.3 Å². The van der Waals surface area contributed by atoms with Gasteiger partial charge in [0.05, 0.1) is 11.9 Å². The second kappa shape index (κ2) is 5.08. The van der Waals surface area contributed by atoms with E-state index >= 15 is 0 Å². The largest absolute Gasteiger partial charge is 0.405 e. The molecule has 0 unspecified atom stereocenters. The second-order valence-electron chi connectivity index (χ2n) is 4.46. The molecular weight excluding hydrogens is 281 g/mol. The third kappa shape index (κ3) is 2.96. The minimum atomic E-state index is -4.30. The summed E-state index contributed by atoms with van der Waals surface area (Å²) in [4.78, 5) is 4.39. The van der Waals surface area contributed by atoms with Crippen LogP contribution < -0.4 is 5.32 Å². The topological polar surface area (TPSA) is 42.2 Å². The first-order valence-corrected chi connectivity index (χ1v) is 6.24. The van der Waals surface area contributed by atoms with E-state index in [1.807, 2.05) is 30.3 Å².